The first-order valence-corrected chi connectivity index (χ1v) is 6.56. The van der Waals surface area contributed by atoms with E-state index in [0.29, 0.717) is 6.61 Å². The molecule has 1 aliphatic carbocycles. The van der Waals surface area contributed by atoms with Crippen molar-refractivity contribution in [1.82, 2.24) is 5.32 Å². The molecule has 108 valence electrons. The van der Waals surface area contributed by atoms with Crippen LogP contribution in [0, 0.1) is 5.92 Å². The van der Waals surface area contributed by atoms with E-state index in [1.165, 1.54) is 5.56 Å². The lowest BCUT2D eigenvalue weighted by Crippen LogP contribution is -2.37. The van der Waals surface area contributed by atoms with Crippen LogP contribution in [0.1, 0.15) is 23.5 Å². The van der Waals surface area contributed by atoms with Crippen molar-refractivity contribution < 1.29 is 22.7 Å². The molecule has 0 bridgehead atoms. The van der Waals surface area contributed by atoms with E-state index in [1.807, 2.05) is 23.5 Å². The number of hydrogen-bond acceptors (Lipinski definition) is 2. The van der Waals surface area contributed by atoms with Crippen molar-refractivity contribution in [2.75, 3.05) is 13.2 Å². The maximum absolute atomic E-state index is 12.1. The number of amides is 1. The SMILES string of the molecule is O=C(NC[C@@H]1C[C@H]1c1cccc2c1CCO2)C(F)(F)F. The number of nitrogens with one attached hydrogen (secondary N) is 1. The highest BCUT2D eigenvalue weighted by atomic mass is 19.4. The molecule has 1 amide bonds. The molecule has 1 N–H and O–H groups in total. The zero-order chi connectivity index (χ0) is 14.3. The van der Waals surface area contributed by atoms with Gasteiger partial charge in [-0.1, -0.05) is 12.1 Å². The third kappa shape index (κ3) is 2.46. The second-order valence-corrected chi connectivity index (χ2v) is 5.23. The summed E-state index contributed by atoms with van der Waals surface area (Å²) in [5.41, 5.74) is 2.33. The van der Waals surface area contributed by atoms with Crippen LogP contribution in [0.2, 0.25) is 0 Å². The Hall–Kier alpha value is -1.72. The first-order valence-electron chi connectivity index (χ1n) is 6.56. The number of rotatable bonds is 3. The lowest BCUT2D eigenvalue weighted by molar-refractivity contribution is -0.173. The average molecular weight is 285 g/mol. The molecule has 0 radical (unpaired) electrons. The third-order valence-electron chi connectivity index (χ3n) is 3.88. The number of ether oxygens (including phenoxy) is 1. The quantitative estimate of drug-likeness (QED) is 0.926. The van der Waals surface area contributed by atoms with Gasteiger partial charge in [0.05, 0.1) is 6.61 Å². The molecule has 0 unspecified atom stereocenters. The van der Waals surface area contributed by atoms with E-state index in [0.717, 1.165) is 24.2 Å². The Morgan fingerprint density at radius 1 is 1.40 bits per heavy atom. The molecule has 1 saturated carbocycles. The van der Waals surface area contributed by atoms with E-state index in [9.17, 15) is 18.0 Å². The van der Waals surface area contributed by atoms with Crippen molar-refractivity contribution in [3.63, 3.8) is 0 Å². The van der Waals surface area contributed by atoms with Gasteiger partial charge in [0.25, 0.3) is 0 Å². The highest BCUT2D eigenvalue weighted by Crippen LogP contribution is 2.50. The predicted molar refractivity (Wildman–Crippen MR) is 65.6 cm³/mol. The summed E-state index contributed by atoms with van der Waals surface area (Å²) < 4.78 is 41.8. The van der Waals surface area contributed by atoms with Crippen LogP contribution in [-0.4, -0.2) is 25.2 Å². The summed E-state index contributed by atoms with van der Waals surface area (Å²) >= 11 is 0. The largest absolute Gasteiger partial charge is 0.493 e. The average Bonchev–Trinajstić information content (AvgIpc) is 2.99. The number of carbonyl (C=O) groups excluding carboxylic acids is 1. The third-order valence-corrected chi connectivity index (χ3v) is 3.88. The summed E-state index contributed by atoms with van der Waals surface area (Å²) in [6, 6.07) is 5.82. The number of fused-ring (bicyclic) bond motifs is 1. The van der Waals surface area contributed by atoms with E-state index in [2.05, 4.69) is 0 Å². The fourth-order valence-corrected chi connectivity index (χ4v) is 2.77. The minimum atomic E-state index is -4.80. The van der Waals surface area contributed by atoms with Gasteiger partial charge in [0, 0.05) is 18.5 Å². The smallest absolute Gasteiger partial charge is 0.471 e. The van der Waals surface area contributed by atoms with Crippen molar-refractivity contribution in [2.24, 2.45) is 5.92 Å². The summed E-state index contributed by atoms with van der Waals surface area (Å²) in [6.45, 7) is 0.738. The zero-order valence-electron chi connectivity index (χ0n) is 10.7. The van der Waals surface area contributed by atoms with Crippen molar-refractivity contribution in [1.29, 1.82) is 0 Å². The monoisotopic (exact) mass is 285 g/mol. The molecule has 3 rings (SSSR count). The molecular weight excluding hydrogens is 271 g/mol. The fraction of sp³-hybridized carbons (Fsp3) is 0.500. The van der Waals surface area contributed by atoms with Crippen LogP contribution in [-0.2, 0) is 11.2 Å². The van der Waals surface area contributed by atoms with Gasteiger partial charge in [0.2, 0.25) is 0 Å². The van der Waals surface area contributed by atoms with Gasteiger partial charge in [-0.05, 0) is 29.9 Å². The minimum absolute atomic E-state index is 0.0769. The van der Waals surface area contributed by atoms with Crippen LogP contribution in [0.15, 0.2) is 18.2 Å². The van der Waals surface area contributed by atoms with Crippen molar-refractivity contribution in [3.8, 4) is 5.75 Å². The first kappa shape index (κ1) is 13.3. The first-order chi connectivity index (χ1) is 9.47. The van der Waals surface area contributed by atoms with Crippen LogP contribution in [0.4, 0.5) is 13.2 Å². The molecule has 0 saturated heterocycles. The Labute approximate surface area is 114 Å². The second kappa shape index (κ2) is 4.68. The molecule has 0 spiro atoms. The van der Waals surface area contributed by atoms with Crippen LogP contribution in [0.3, 0.4) is 0 Å². The van der Waals surface area contributed by atoms with Crippen LogP contribution in [0.25, 0.3) is 0 Å². The molecular formula is C14H14F3NO2. The van der Waals surface area contributed by atoms with Crippen LogP contribution >= 0.6 is 0 Å². The van der Waals surface area contributed by atoms with Gasteiger partial charge in [-0.2, -0.15) is 13.2 Å². The predicted octanol–water partition coefficient (Wildman–Crippen LogP) is 2.40. The zero-order valence-corrected chi connectivity index (χ0v) is 10.7. The maximum atomic E-state index is 12.1. The van der Waals surface area contributed by atoms with Crippen molar-refractivity contribution >= 4 is 5.91 Å². The molecule has 2 atom stereocenters. The normalized spacial score (nSPS) is 23.9. The van der Waals surface area contributed by atoms with Gasteiger partial charge in [-0.15, -0.1) is 0 Å². The molecule has 1 aromatic carbocycles. The standard InChI is InChI=1S/C14H14F3NO2/c15-14(16,17)13(19)18-7-8-6-11(8)9-2-1-3-12-10(9)4-5-20-12/h1-3,8,11H,4-7H2,(H,18,19)/t8-,11+/m0/s1. The van der Waals surface area contributed by atoms with Crippen LogP contribution in [0.5, 0.6) is 5.75 Å². The fourth-order valence-electron chi connectivity index (χ4n) is 2.77. The topological polar surface area (TPSA) is 38.3 Å². The summed E-state index contributed by atoms with van der Waals surface area (Å²) in [6.07, 6.45) is -3.13. The van der Waals surface area contributed by atoms with E-state index in [4.69, 9.17) is 4.74 Å². The molecule has 6 heteroatoms. The molecule has 2 aliphatic rings. The molecule has 1 fully saturated rings. The highest BCUT2D eigenvalue weighted by Gasteiger charge is 2.43. The number of benzene rings is 1. The van der Waals surface area contributed by atoms with Crippen LogP contribution < -0.4 is 10.1 Å². The number of hydrogen-bond donors (Lipinski definition) is 1. The maximum Gasteiger partial charge on any atom is 0.471 e. The number of carbonyl (C=O) groups is 1. The Morgan fingerprint density at radius 2 is 2.20 bits per heavy atom. The molecule has 20 heavy (non-hydrogen) atoms. The molecule has 0 aromatic heterocycles. The lowest BCUT2D eigenvalue weighted by atomic mass is 10.00. The van der Waals surface area contributed by atoms with Gasteiger partial charge in [0.15, 0.2) is 0 Å². The Morgan fingerprint density at radius 3 is 2.95 bits per heavy atom. The summed E-state index contributed by atoms with van der Waals surface area (Å²) in [7, 11) is 0. The van der Waals surface area contributed by atoms with Crippen molar-refractivity contribution in [3.05, 3.63) is 29.3 Å². The van der Waals surface area contributed by atoms with Gasteiger partial charge >= 0.3 is 12.1 Å². The summed E-state index contributed by atoms with van der Waals surface area (Å²) in [5, 5.41) is 1.96. The van der Waals surface area contributed by atoms with Gasteiger partial charge in [0.1, 0.15) is 5.75 Å². The van der Waals surface area contributed by atoms with Crippen molar-refractivity contribution in [2.45, 2.75) is 24.9 Å². The lowest BCUT2D eigenvalue weighted by Gasteiger charge is -2.09. The molecule has 3 nitrogen and oxygen atoms in total. The molecule has 1 aromatic rings. The van der Waals surface area contributed by atoms with E-state index >= 15 is 0 Å². The van der Waals surface area contributed by atoms with E-state index in [-0.39, 0.29) is 18.4 Å². The summed E-state index contributed by atoms with van der Waals surface area (Å²) in [4.78, 5) is 10.8. The number of halogens is 3. The Balaban J connectivity index is 1.60. The Kier molecular flexibility index (Phi) is 3.11. The Bertz CT molecular complexity index is 542. The van der Waals surface area contributed by atoms with E-state index in [1.54, 1.807) is 0 Å². The molecule has 1 heterocycles. The highest BCUT2D eigenvalue weighted by molar-refractivity contribution is 5.81. The summed E-state index contributed by atoms with van der Waals surface area (Å²) in [5.74, 6) is -0.647. The van der Waals surface area contributed by atoms with Gasteiger partial charge in [-0.25, -0.2) is 0 Å². The van der Waals surface area contributed by atoms with Gasteiger partial charge in [-0.3, -0.25) is 4.79 Å². The second-order valence-electron chi connectivity index (χ2n) is 5.23. The van der Waals surface area contributed by atoms with Gasteiger partial charge < -0.3 is 10.1 Å². The molecule has 1 aliphatic heterocycles. The van der Waals surface area contributed by atoms with E-state index < -0.39 is 12.1 Å². The minimum Gasteiger partial charge on any atom is -0.493 e. The number of alkyl halides is 3.